The van der Waals surface area contributed by atoms with Crippen molar-refractivity contribution in [1.82, 2.24) is 4.57 Å². The van der Waals surface area contributed by atoms with Crippen LogP contribution >= 0.6 is 0 Å². The van der Waals surface area contributed by atoms with Gasteiger partial charge in [-0.25, -0.2) is 0 Å². The van der Waals surface area contributed by atoms with Crippen molar-refractivity contribution in [2.75, 3.05) is 6.61 Å². The lowest BCUT2D eigenvalue weighted by atomic mass is 10.1. The summed E-state index contributed by atoms with van der Waals surface area (Å²) >= 11 is 0. The zero-order valence-corrected chi connectivity index (χ0v) is 15.4. The summed E-state index contributed by atoms with van der Waals surface area (Å²) in [4.78, 5) is 0. The van der Waals surface area contributed by atoms with Crippen LogP contribution in [0.15, 0.2) is 70.9 Å². The monoisotopic (exact) mass is 377 g/mol. The van der Waals surface area contributed by atoms with E-state index in [1.165, 1.54) is 10.9 Å². The molecular weight excluding hydrogens is 362 g/mol. The number of azo groups is 1. The van der Waals surface area contributed by atoms with E-state index in [4.69, 9.17) is 15.3 Å². The van der Waals surface area contributed by atoms with Crippen LogP contribution in [-0.4, -0.2) is 17.3 Å². The Morgan fingerprint density at radius 3 is 2.31 bits per heavy atom. The fraction of sp³-hybridized carbons (Fsp3) is 0.130. The molecule has 138 valence electrons. The fourth-order valence-corrected chi connectivity index (χ4v) is 3.58. The molecule has 0 radical (unpaired) electrons. The average molecular weight is 377 g/mol. The maximum Gasteiger partial charge on any atom is 0.101 e. The molecule has 3 aromatic carbocycles. The van der Waals surface area contributed by atoms with E-state index in [-0.39, 0.29) is 0 Å². The minimum atomic E-state index is 0.291. The van der Waals surface area contributed by atoms with Crippen LogP contribution in [0, 0.1) is 22.7 Å². The Balaban J connectivity index is 1.55. The van der Waals surface area contributed by atoms with E-state index < -0.39 is 0 Å². The highest BCUT2D eigenvalue weighted by Crippen LogP contribution is 2.33. The Bertz CT molecular complexity index is 1370. The van der Waals surface area contributed by atoms with Gasteiger partial charge < -0.3 is 9.30 Å². The second-order valence-electron chi connectivity index (χ2n) is 6.94. The van der Waals surface area contributed by atoms with Gasteiger partial charge in [0.15, 0.2) is 0 Å². The summed E-state index contributed by atoms with van der Waals surface area (Å²) in [7, 11) is 0. The van der Waals surface area contributed by atoms with Gasteiger partial charge in [0.1, 0.15) is 12.1 Å². The Kier molecular flexibility index (Phi) is 4.05. The van der Waals surface area contributed by atoms with Crippen molar-refractivity contribution in [3.8, 4) is 12.1 Å². The topological polar surface area (TPSA) is 89.8 Å². The summed E-state index contributed by atoms with van der Waals surface area (Å²) in [5.74, 6) is 0. The lowest BCUT2D eigenvalue weighted by Crippen LogP contribution is -2.03. The SMILES string of the molecule is N#Cc1ccc(N=Nc2ccc3c(c2)c2ccccc2n3CC2CO2)cc1C#N. The molecule has 2 heterocycles. The Labute approximate surface area is 166 Å². The second kappa shape index (κ2) is 6.87. The summed E-state index contributed by atoms with van der Waals surface area (Å²) in [5.41, 5.74) is 4.22. The predicted octanol–water partition coefficient (Wildman–Crippen LogP) is 5.35. The number of epoxide rings is 1. The third-order valence-electron chi connectivity index (χ3n) is 5.07. The lowest BCUT2D eigenvalue weighted by Gasteiger charge is -2.04. The zero-order chi connectivity index (χ0) is 19.8. The minimum absolute atomic E-state index is 0.291. The van der Waals surface area contributed by atoms with Gasteiger partial charge in [-0.3, -0.25) is 0 Å². The number of benzene rings is 3. The molecule has 0 bridgehead atoms. The van der Waals surface area contributed by atoms with Crippen LogP contribution in [0.1, 0.15) is 11.1 Å². The van der Waals surface area contributed by atoms with E-state index in [1.54, 1.807) is 18.2 Å². The standard InChI is InChI=1S/C23H15N5O/c24-11-15-5-6-17(9-16(15)12-25)26-27-18-7-8-23-21(10-18)20-3-1-2-4-22(20)28(23)13-19-14-29-19/h1-10,19H,13-14H2. The summed E-state index contributed by atoms with van der Waals surface area (Å²) in [5, 5.41) is 29.1. The van der Waals surface area contributed by atoms with Gasteiger partial charge in [-0.1, -0.05) is 18.2 Å². The number of ether oxygens (including phenoxy) is 1. The van der Waals surface area contributed by atoms with Crippen LogP contribution in [0.3, 0.4) is 0 Å². The van der Waals surface area contributed by atoms with Crippen LogP contribution in [0.25, 0.3) is 21.8 Å². The molecule has 0 N–H and O–H groups in total. The number of aromatic nitrogens is 1. The van der Waals surface area contributed by atoms with Gasteiger partial charge in [-0.2, -0.15) is 20.8 Å². The highest BCUT2D eigenvalue weighted by Gasteiger charge is 2.24. The fourth-order valence-electron chi connectivity index (χ4n) is 3.58. The molecule has 1 saturated heterocycles. The Hall–Kier alpha value is -4.00. The van der Waals surface area contributed by atoms with Gasteiger partial charge in [-0.05, 0) is 42.5 Å². The van der Waals surface area contributed by atoms with E-state index in [0.29, 0.717) is 22.9 Å². The third-order valence-corrected chi connectivity index (χ3v) is 5.07. The van der Waals surface area contributed by atoms with Crippen molar-refractivity contribution in [2.24, 2.45) is 10.2 Å². The van der Waals surface area contributed by atoms with Gasteiger partial charge in [0.2, 0.25) is 0 Å². The molecule has 0 spiro atoms. The molecule has 6 heteroatoms. The highest BCUT2D eigenvalue weighted by molar-refractivity contribution is 6.08. The summed E-state index contributed by atoms with van der Waals surface area (Å²) < 4.78 is 7.72. The molecule has 5 rings (SSSR count). The van der Waals surface area contributed by atoms with Crippen LogP contribution in [0.2, 0.25) is 0 Å². The quantitative estimate of drug-likeness (QED) is 0.354. The first-order chi connectivity index (χ1) is 14.3. The molecule has 0 saturated carbocycles. The molecule has 0 aliphatic carbocycles. The molecule has 1 fully saturated rings. The number of fused-ring (bicyclic) bond motifs is 3. The Morgan fingerprint density at radius 1 is 0.862 bits per heavy atom. The van der Waals surface area contributed by atoms with Crippen LogP contribution in [0.4, 0.5) is 11.4 Å². The second-order valence-corrected chi connectivity index (χ2v) is 6.94. The van der Waals surface area contributed by atoms with Crippen molar-refractivity contribution in [1.29, 1.82) is 10.5 Å². The van der Waals surface area contributed by atoms with Crippen LogP contribution in [-0.2, 0) is 11.3 Å². The van der Waals surface area contributed by atoms with Crippen molar-refractivity contribution in [2.45, 2.75) is 12.6 Å². The molecule has 1 aliphatic rings. The van der Waals surface area contributed by atoms with Crippen LogP contribution in [0.5, 0.6) is 0 Å². The average Bonchev–Trinajstić information content (AvgIpc) is 3.54. The molecule has 1 unspecified atom stereocenters. The summed E-state index contributed by atoms with van der Waals surface area (Å²) in [6.07, 6.45) is 0.291. The molecule has 4 aromatic rings. The first kappa shape index (κ1) is 17.1. The summed E-state index contributed by atoms with van der Waals surface area (Å²) in [6, 6.07) is 23.2. The van der Waals surface area contributed by atoms with E-state index in [1.807, 2.05) is 36.4 Å². The number of hydrogen-bond donors (Lipinski definition) is 0. The number of nitrogens with zero attached hydrogens (tertiary/aromatic N) is 5. The first-order valence-corrected chi connectivity index (χ1v) is 9.25. The van der Waals surface area contributed by atoms with Gasteiger partial charge in [0.05, 0.1) is 41.8 Å². The van der Waals surface area contributed by atoms with Gasteiger partial charge in [-0.15, -0.1) is 0 Å². The Morgan fingerprint density at radius 2 is 1.55 bits per heavy atom. The van der Waals surface area contributed by atoms with Crippen molar-refractivity contribution < 1.29 is 4.74 Å². The molecule has 6 nitrogen and oxygen atoms in total. The van der Waals surface area contributed by atoms with E-state index in [0.717, 1.165) is 29.7 Å². The minimum Gasteiger partial charge on any atom is -0.371 e. The largest absolute Gasteiger partial charge is 0.371 e. The third kappa shape index (κ3) is 3.12. The number of rotatable bonds is 4. The molecular formula is C23H15N5O. The number of para-hydroxylation sites is 1. The van der Waals surface area contributed by atoms with E-state index >= 15 is 0 Å². The predicted molar refractivity (Wildman–Crippen MR) is 109 cm³/mol. The molecule has 0 amide bonds. The smallest absolute Gasteiger partial charge is 0.101 e. The maximum atomic E-state index is 9.16. The highest BCUT2D eigenvalue weighted by atomic mass is 16.6. The van der Waals surface area contributed by atoms with Gasteiger partial charge in [0.25, 0.3) is 0 Å². The lowest BCUT2D eigenvalue weighted by molar-refractivity contribution is 0.387. The van der Waals surface area contributed by atoms with Crippen molar-refractivity contribution >= 4 is 33.2 Å². The van der Waals surface area contributed by atoms with Crippen molar-refractivity contribution in [3.05, 3.63) is 71.8 Å². The summed E-state index contributed by atoms with van der Waals surface area (Å²) in [6.45, 7) is 1.66. The van der Waals surface area contributed by atoms with Crippen molar-refractivity contribution in [3.63, 3.8) is 0 Å². The number of hydrogen-bond acceptors (Lipinski definition) is 5. The molecule has 1 aliphatic heterocycles. The molecule has 29 heavy (non-hydrogen) atoms. The number of nitriles is 2. The maximum absolute atomic E-state index is 9.16. The normalized spacial score (nSPS) is 15.6. The zero-order valence-electron chi connectivity index (χ0n) is 15.4. The van der Waals surface area contributed by atoms with Gasteiger partial charge in [0, 0.05) is 21.8 Å². The van der Waals surface area contributed by atoms with Gasteiger partial charge >= 0.3 is 0 Å². The molecule has 1 atom stereocenters. The van der Waals surface area contributed by atoms with Crippen LogP contribution < -0.4 is 0 Å². The molecule has 1 aromatic heterocycles. The van der Waals surface area contributed by atoms with E-state index in [9.17, 15) is 0 Å². The first-order valence-electron chi connectivity index (χ1n) is 9.25. The van der Waals surface area contributed by atoms with E-state index in [2.05, 4.69) is 33.0 Å².